The van der Waals surface area contributed by atoms with Crippen LogP contribution in [0.15, 0.2) is 39.7 Å². The van der Waals surface area contributed by atoms with Crippen molar-refractivity contribution in [2.75, 3.05) is 0 Å². The summed E-state index contributed by atoms with van der Waals surface area (Å²) >= 11 is 0. The summed E-state index contributed by atoms with van der Waals surface area (Å²) in [6.45, 7) is 6.09. The summed E-state index contributed by atoms with van der Waals surface area (Å²) in [5.41, 5.74) is 1.91. The molecule has 0 bridgehead atoms. The van der Waals surface area contributed by atoms with Crippen LogP contribution >= 0.6 is 0 Å². The van der Waals surface area contributed by atoms with Gasteiger partial charge in [-0.2, -0.15) is 4.98 Å². The van der Waals surface area contributed by atoms with Crippen molar-refractivity contribution in [3.05, 3.63) is 46.7 Å². The maximum Gasteiger partial charge on any atom is 0.439 e. The molecule has 19 heavy (non-hydrogen) atoms. The van der Waals surface area contributed by atoms with Gasteiger partial charge in [0.25, 0.3) is 0 Å². The highest BCUT2D eigenvalue weighted by Crippen LogP contribution is 2.30. The van der Waals surface area contributed by atoms with Crippen LogP contribution < -0.4 is 5.76 Å². The monoisotopic (exact) mass is 254 g/mol. The van der Waals surface area contributed by atoms with Crippen molar-refractivity contribution in [1.29, 1.82) is 0 Å². The largest absolute Gasteiger partial charge is 0.439 e. The minimum Gasteiger partial charge on any atom is -0.407 e. The average molecular weight is 254 g/mol. The van der Waals surface area contributed by atoms with Crippen LogP contribution in [-0.4, -0.2) is 9.97 Å². The van der Waals surface area contributed by atoms with Gasteiger partial charge in [0.05, 0.1) is 11.2 Å². The predicted octanol–water partition coefficient (Wildman–Crippen LogP) is 3.03. The Morgan fingerprint density at radius 3 is 2.63 bits per heavy atom. The Labute approximate surface area is 110 Å². The second-order valence-corrected chi connectivity index (χ2v) is 5.59. The van der Waals surface area contributed by atoms with E-state index in [1.807, 2.05) is 45.0 Å². The molecule has 0 aliphatic carbocycles. The number of hydrogen-bond donors (Lipinski definition) is 0. The van der Waals surface area contributed by atoms with E-state index in [0.717, 1.165) is 22.0 Å². The van der Waals surface area contributed by atoms with Gasteiger partial charge in [0.15, 0.2) is 5.58 Å². The highest BCUT2D eigenvalue weighted by atomic mass is 16.4. The quantitative estimate of drug-likeness (QED) is 0.578. The lowest BCUT2D eigenvalue weighted by atomic mass is 9.89. The first kappa shape index (κ1) is 11.8. The highest BCUT2D eigenvalue weighted by Gasteiger charge is 2.21. The molecule has 0 unspecified atom stereocenters. The number of benzene rings is 1. The molecule has 2 heterocycles. The van der Waals surface area contributed by atoms with Gasteiger partial charge in [-0.1, -0.05) is 20.8 Å². The highest BCUT2D eigenvalue weighted by molar-refractivity contribution is 6.03. The summed E-state index contributed by atoms with van der Waals surface area (Å²) in [5.74, 6) is -0.561. The van der Waals surface area contributed by atoms with E-state index in [9.17, 15) is 4.79 Å². The van der Waals surface area contributed by atoms with E-state index in [0.29, 0.717) is 5.58 Å². The number of fused-ring (bicyclic) bond motifs is 3. The van der Waals surface area contributed by atoms with Crippen LogP contribution in [0.5, 0.6) is 0 Å². The fourth-order valence-corrected chi connectivity index (χ4v) is 2.26. The molecule has 3 rings (SSSR count). The summed E-state index contributed by atoms with van der Waals surface area (Å²) in [6.07, 6.45) is 1.72. The maximum atomic E-state index is 11.7. The first-order valence-corrected chi connectivity index (χ1v) is 6.16. The molecule has 0 radical (unpaired) electrons. The zero-order chi connectivity index (χ0) is 13.6. The third kappa shape index (κ3) is 1.89. The Kier molecular flexibility index (Phi) is 2.42. The normalized spacial score (nSPS) is 12.2. The third-order valence-corrected chi connectivity index (χ3v) is 3.09. The summed E-state index contributed by atoms with van der Waals surface area (Å²) in [6, 6.07) is 7.58. The Morgan fingerprint density at radius 2 is 1.89 bits per heavy atom. The lowest BCUT2D eigenvalue weighted by molar-refractivity contribution is 0.500. The van der Waals surface area contributed by atoms with Crippen molar-refractivity contribution in [1.82, 2.24) is 9.97 Å². The lowest BCUT2D eigenvalue weighted by Crippen LogP contribution is -2.19. The van der Waals surface area contributed by atoms with E-state index < -0.39 is 5.76 Å². The van der Waals surface area contributed by atoms with Crippen LogP contribution in [0.25, 0.3) is 21.9 Å². The molecule has 3 aromatic rings. The Bertz CT molecular complexity index is 829. The van der Waals surface area contributed by atoms with Gasteiger partial charge in [0.1, 0.15) is 0 Å². The van der Waals surface area contributed by atoms with Gasteiger partial charge in [-0.3, -0.25) is 4.98 Å². The van der Waals surface area contributed by atoms with Crippen LogP contribution in [0.1, 0.15) is 26.5 Å². The summed E-state index contributed by atoms with van der Waals surface area (Å²) < 4.78 is 5.30. The molecule has 0 aliphatic heterocycles. The molecule has 4 heteroatoms. The van der Waals surface area contributed by atoms with Gasteiger partial charge in [-0.25, -0.2) is 4.79 Å². The third-order valence-electron chi connectivity index (χ3n) is 3.09. The molecule has 96 valence electrons. The molecule has 0 amide bonds. The zero-order valence-electron chi connectivity index (χ0n) is 11.1. The molecule has 1 aromatic carbocycles. The number of rotatable bonds is 0. The average Bonchev–Trinajstić information content (AvgIpc) is 2.36. The fourth-order valence-electron chi connectivity index (χ4n) is 2.26. The molecule has 0 saturated carbocycles. The van der Waals surface area contributed by atoms with Crippen molar-refractivity contribution in [3.8, 4) is 0 Å². The zero-order valence-corrected chi connectivity index (χ0v) is 11.1. The number of pyridine rings is 1. The van der Waals surface area contributed by atoms with E-state index in [1.54, 1.807) is 6.20 Å². The van der Waals surface area contributed by atoms with Crippen LogP contribution in [0.4, 0.5) is 0 Å². The molecule has 2 aromatic heterocycles. The standard InChI is InChI=1S/C15H14N2O2/c1-15(2,3)13-10-6-7-11-9(5-4-8-16-11)12(10)19-14(18)17-13/h4-8H,1-3H3. The Balaban J connectivity index is 2.55. The molecule has 0 aliphatic rings. The summed E-state index contributed by atoms with van der Waals surface area (Å²) in [7, 11) is 0. The Hall–Kier alpha value is -2.23. The second-order valence-electron chi connectivity index (χ2n) is 5.59. The lowest BCUT2D eigenvalue weighted by Gasteiger charge is -2.18. The van der Waals surface area contributed by atoms with E-state index in [1.165, 1.54) is 0 Å². The van der Waals surface area contributed by atoms with E-state index in [4.69, 9.17) is 4.42 Å². The van der Waals surface area contributed by atoms with Crippen molar-refractivity contribution >= 4 is 21.9 Å². The Morgan fingerprint density at radius 1 is 1.11 bits per heavy atom. The molecular formula is C15H14N2O2. The van der Waals surface area contributed by atoms with Crippen LogP contribution in [0.3, 0.4) is 0 Å². The van der Waals surface area contributed by atoms with Crippen molar-refractivity contribution < 1.29 is 4.42 Å². The van der Waals surface area contributed by atoms with Gasteiger partial charge in [0.2, 0.25) is 0 Å². The minimum absolute atomic E-state index is 0.218. The van der Waals surface area contributed by atoms with Crippen molar-refractivity contribution in [2.45, 2.75) is 26.2 Å². The van der Waals surface area contributed by atoms with Gasteiger partial charge in [0, 0.05) is 22.4 Å². The van der Waals surface area contributed by atoms with E-state index in [2.05, 4.69) is 9.97 Å². The topological polar surface area (TPSA) is 56.0 Å². The first-order valence-electron chi connectivity index (χ1n) is 6.16. The second kappa shape index (κ2) is 3.88. The van der Waals surface area contributed by atoms with Gasteiger partial charge < -0.3 is 4.42 Å². The van der Waals surface area contributed by atoms with Crippen LogP contribution in [-0.2, 0) is 5.41 Å². The summed E-state index contributed by atoms with van der Waals surface area (Å²) in [4.78, 5) is 20.0. The molecular weight excluding hydrogens is 240 g/mol. The number of aromatic nitrogens is 2. The molecule has 0 fully saturated rings. The van der Waals surface area contributed by atoms with Crippen molar-refractivity contribution in [3.63, 3.8) is 0 Å². The van der Waals surface area contributed by atoms with E-state index in [-0.39, 0.29) is 5.41 Å². The first-order chi connectivity index (χ1) is 8.97. The SMILES string of the molecule is CC(C)(C)c1nc(=O)oc2c1ccc1ncccc12. The van der Waals surface area contributed by atoms with Gasteiger partial charge in [-0.05, 0) is 24.3 Å². The van der Waals surface area contributed by atoms with E-state index >= 15 is 0 Å². The van der Waals surface area contributed by atoms with Crippen LogP contribution in [0, 0.1) is 0 Å². The smallest absolute Gasteiger partial charge is 0.407 e. The maximum absolute atomic E-state index is 11.7. The minimum atomic E-state index is -0.561. The summed E-state index contributed by atoms with van der Waals surface area (Å²) in [5, 5.41) is 1.71. The molecule has 0 saturated heterocycles. The molecule has 4 nitrogen and oxygen atoms in total. The molecule has 0 atom stereocenters. The number of nitrogens with zero attached hydrogens (tertiary/aromatic N) is 2. The fraction of sp³-hybridized carbons (Fsp3) is 0.267. The van der Waals surface area contributed by atoms with Crippen LogP contribution in [0.2, 0.25) is 0 Å². The van der Waals surface area contributed by atoms with Crippen molar-refractivity contribution in [2.24, 2.45) is 0 Å². The van der Waals surface area contributed by atoms with Gasteiger partial charge >= 0.3 is 5.76 Å². The molecule has 0 spiro atoms. The van der Waals surface area contributed by atoms with Gasteiger partial charge in [-0.15, -0.1) is 0 Å². The number of hydrogen-bond acceptors (Lipinski definition) is 4. The molecule has 0 N–H and O–H groups in total. The predicted molar refractivity (Wildman–Crippen MR) is 74.3 cm³/mol.